The van der Waals surface area contributed by atoms with Crippen LogP contribution in [0.3, 0.4) is 0 Å². The molecule has 3 aliphatic rings. The molecule has 42 heavy (non-hydrogen) atoms. The summed E-state index contributed by atoms with van der Waals surface area (Å²) in [4.78, 5) is 48.5. The van der Waals surface area contributed by atoms with Crippen LogP contribution in [0.15, 0.2) is 49.6 Å². The predicted octanol–water partition coefficient (Wildman–Crippen LogP) is 4.53. The van der Waals surface area contributed by atoms with Crippen molar-refractivity contribution in [3.8, 4) is 5.75 Å². The lowest BCUT2D eigenvalue weighted by atomic mass is 9.65. The summed E-state index contributed by atoms with van der Waals surface area (Å²) in [5.41, 5.74) is 0.724. The van der Waals surface area contributed by atoms with Gasteiger partial charge < -0.3 is 24.5 Å². The summed E-state index contributed by atoms with van der Waals surface area (Å²) < 4.78 is 4.89. The summed E-state index contributed by atoms with van der Waals surface area (Å²) in [6, 6.07) is 6.75. The van der Waals surface area contributed by atoms with E-state index < -0.39 is 22.6 Å². The van der Waals surface area contributed by atoms with Gasteiger partial charge >= 0.3 is 0 Å². The third-order valence-corrected chi connectivity index (χ3v) is 11.1. The molecule has 0 saturated carbocycles. The molecule has 0 radical (unpaired) electrons. The minimum Gasteiger partial charge on any atom is -0.494 e. The van der Waals surface area contributed by atoms with Crippen molar-refractivity contribution >= 4 is 35.2 Å². The van der Waals surface area contributed by atoms with Gasteiger partial charge in [0, 0.05) is 43.7 Å². The van der Waals surface area contributed by atoms with E-state index in [-0.39, 0.29) is 42.0 Å². The number of nitrogens with zero attached hydrogens (tertiary/aromatic N) is 3. The number of aliphatic hydroxyl groups is 1. The van der Waals surface area contributed by atoms with Crippen molar-refractivity contribution in [1.29, 1.82) is 0 Å². The van der Waals surface area contributed by atoms with Crippen LogP contribution in [-0.4, -0.2) is 88.1 Å². The molecule has 1 aromatic carbocycles. The van der Waals surface area contributed by atoms with Crippen molar-refractivity contribution in [3.63, 3.8) is 0 Å². The Morgan fingerprint density at radius 1 is 1.12 bits per heavy atom. The normalized spacial score (nSPS) is 27.6. The number of benzene rings is 1. The van der Waals surface area contributed by atoms with Crippen LogP contribution in [0.5, 0.6) is 5.75 Å². The molecule has 0 aromatic heterocycles. The van der Waals surface area contributed by atoms with Crippen LogP contribution in [0.1, 0.15) is 52.9 Å². The summed E-state index contributed by atoms with van der Waals surface area (Å²) in [5.74, 6) is -0.657. The topological polar surface area (TPSA) is 90.4 Å². The Labute approximate surface area is 255 Å². The van der Waals surface area contributed by atoms with Gasteiger partial charge in [0.2, 0.25) is 17.7 Å². The first-order valence-electron chi connectivity index (χ1n) is 15.4. The van der Waals surface area contributed by atoms with E-state index in [0.29, 0.717) is 32.7 Å². The fraction of sp³-hybridized carbons (Fsp3) is 0.606. The number of ether oxygens (including phenoxy) is 1. The van der Waals surface area contributed by atoms with Crippen LogP contribution in [0.2, 0.25) is 0 Å². The van der Waals surface area contributed by atoms with Crippen molar-refractivity contribution in [2.75, 3.05) is 44.3 Å². The molecule has 4 rings (SSSR count). The highest BCUT2D eigenvalue weighted by Gasteiger charge is 2.76. The van der Waals surface area contributed by atoms with Crippen LogP contribution in [-0.2, 0) is 14.4 Å². The van der Waals surface area contributed by atoms with E-state index in [9.17, 15) is 19.5 Å². The number of aliphatic hydroxyl groups excluding tert-OH is 1. The Morgan fingerprint density at radius 2 is 1.83 bits per heavy atom. The van der Waals surface area contributed by atoms with Gasteiger partial charge in [0.05, 0.1) is 23.2 Å². The first-order chi connectivity index (χ1) is 20.3. The first-order valence-corrected chi connectivity index (χ1v) is 16.3. The van der Waals surface area contributed by atoms with Gasteiger partial charge in [-0.05, 0) is 56.4 Å². The maximum Gasteiger partial charge on any atom is 0.247 e. The lowest BCUT2D eigenvalue weighted by Gasteiger charge is -2.41. The molecule has 3 saturated heterocycles. The highest BCUT2D eigenvalue weighted by molar-refractivity contribution is 8.02. The van der Waals surface area contributed by atoms with Crippen LogP contribution in [0, 0.1) is 17.8 Å². The molecule has 8 nitrogen and oxygen atoms in total. The second-order valence-corrected chi connectivity index (χ2v) is 13.2. The zero-order chi connectivity index (χ0) is 30.4. The fourth-order valence-electron chi connectivity index (χ4n) is 7.26. The summed E-state index contributed by atoms with van der Waals surface area (Å²) in [6.07, 6.45) is 7.53. The molecule has 230 valence electrons. The van der Waals surface area contributed by atoms with E-state index in [1.807, 2.05) is 36.1 Å². The van der Waals surface area contributed by atoms with E-state index >= 15 is 0 Å². The molecule has 3 fully saturated rings. The lowest BCUT2D eigenvalue weighted by Crippen LogP contribution is -2.57. The number of carbonyl (C=O) groups is 3. The van der Waals surface area contributed by atoms with Gasteiger partial charge in [-0.1, -0.05) is 38.8 Å². The molecule has 0 aliphatic carbocycles. The zero-order valence-electron chi connectivity index (χ0n) is 25.4. The third kappa shape index (κ3) is 5.74. The molecule has 9 heteroatoms. The van der Waals surface area contributed by atoms with Crippen LogP contribution < -0.4 is 9.64 Å². The zero-order valence-corrected chi connectivity index (χ0v) is 26.2. The molecule has 6 atom stereocenters. The maximum absolute atomic E-state index is 14.5. The Balaban J connectivity index is 1.72. The molecular formula is C33H47N3O5S. The highest BCUT2D eigenvalue weighted by atomic mass is 32.2. The molecule has 3 unspecified atom stereocenters. The van der Waals surface area contributed by atoms with Crippen LogP contribution in [0.4, 0.5) is 5.69 Å². The summed E-state index contributed by atoms with van der Waals surface area (Å²) in [5, 5.41) is 9.62. The van der Waals surface area contributed by atoms with E-state index in [4.69, 9.17) is 4.74 Å². The van der Waals surface area contributed by atoms with E-state index in [1.165, 1.54) is 0 Å². The highest BCUT2D eigenvalue weighted by Crippen LogP contribution is 2.69. The minimum absolute atomic E-state index is 0.0558. The number of thioether (sulfide) groups is 1. The number of hydrogen-bond acceptors (Lipinski definition) is 6. The Kier molecular flexibility index (Phi) is 10.8. The fourth-order valence-corrected chi connectivity index (χ4v) is 9.66. The molecule has 1 N–H and O–H groups in total. The maximum atomic E-state index is 14.5. The Hall–Kier alpha value is -2.78. The average Bonchev–Trinajstić information content (AvgIpc) is 3.58. The molecule has 3 heterocycles. The van der Waals surface area contributed by atoms with Crippen molar-refractivity contribution < 1.29 is 24.2 Å². The summed E-state index contributed by atoms with van der Waals surface area (Å²) in [6.45, 7) is 16.1. The quantitative estimate of drug-likeness (QED) is 0.223. The van der Waals surface area contributed by atoms with E-state index in [1.54, 1.807) is 33.7 Å². The van der Waals surface area contributed by atoms with Crippen molar-refractivity contribution in [2.24, 2.45) is 17.8 Å². The number of rotatable bonds is 16. The molecule has 1 spiro atoms. The molecule has 1 aromatic rings. The van der Waals surface area contributed by atoms with Gasteiger partial charge in [-0.2, -0.15) is 0 Å². The molecule has 3 aliphatic heterocycles. The Morgan fingerprint density at radius 3 is 2.45 bits per heavy atom. The number of fused-ring (bicyclic) bond motifs is 1. The summed E-state index contributed by atoms with van der Waals surface area (Å²) in [7, 11) is 0. The first kappa shape index (κ1) is 32.1. The van der Waals surface area contributed by atoms with Crippen molar-refractivity contribution in [2.45, 2.75) is 68.9 Å². The van der Waals surface area contributed by atoms with Gasteiger partial charge in [0.1, 0.15) is 11.8 Å². The molecular weight excluding hydrogens is 550 g/mol. The number of carbonyl (C=O) groups excluding carboxylic acids is 3. The lowest BCUT2D eigenvalue weighted by molar-refractivity contribution is -0.142. The number of anilines is 1. The van der Waals surface area contributed by atoms with Crippen molar-refractivity contribution in [1.82, 2.24) is 9.80 Å². The number of likely N-dealkylation sites (tertiary alicyclic amines) is 1. The minimum atomic E-state index is -0.697. The van der Waals surface area contributed by atoms with Crippen LogP contribution in [0.25, 0.3) is 0 Å². The SMILES string of the molecule is C=CCN(CCCCC)C(=O)C1N(CCCO)C(=O)[C@@H]2[C@@H](C(=O)N(CC=C)c3ccc(OCC)cc3)[C@H]3CC(C)C12S3. The molecule has 3 amide bonds. The smallest absolute Gasteiger partial charge is 0.247 e. The predicted molar refractivity (Wildman–Crippen MR) is 169 cm³/mol. The van der Waals surface area contributed by atoms with Gasteiger partial charge in [-0.3, -0.25) is 14.4 Å². The second-order valence-electron chi connectivity index (χ2n) is 11.6. The van der Waals surface area contributed by atoms with Gasteiger partial charge in [-0.25, -0.2) is 0 Å². The number of unbranched alkanes of at least 4 members (excludes halogenated alkanes) is 2. The summed E-state index contributed by atoms with van der Waals surface area (Å²) >= 11 is 1.68. The van der Waals surface area contributed by atoms with E-state index in [2.05, 4.69) is 27.0 Å². The monoisotopic (exact) mass is 597 g/mol. The largest absolute Gasteiger partial charge is 0.494 e. The van der Waals surface area contributed by atoms with E-state index in [0.717, 1.165) is 37.1 Å². The van der Waals surface area contributed by atoms with Crippen molar-refractivity contribution in [3.05, 3.63) is 49.6 Å². The Bertz CT molecular complexity index is 1140. The number of hydrogen-bond donors (Lipinski definition) is 1. The van der Waals surface area contributed by atoms with Gasteiger partial charge in [0.15, 0.2) is 0 Å². The third-order valence-electron chi connectivity index (χ3n) is 9.05. The second kappa shape index (κ2) is 14.1. The number of amides is 3. The van der Waals surface area contributed by atoms with Gasteiger partial charge in [-0.15, -0.1) is 24.9 Å². The average molecular weight is 598 g/mol. The van der Waals surface area contributed by atoms with Crippen LogP contribution >= 0.6 is 11.8 Å². The standard InChI is InChI=1S/C33H47N3O5S/c1-6-10-11-19-34(17-7-2)32(40)29-33-23(5)22-26(42-33)27(28(33)31(39)36(29)20-12-21-37)30(38)35(18-8-3)24-13-15-25(16-14-24)41-9-4/h7-8,13-16,23,26-29,37H,2-3,6,9-12,17-22H2,1,4-5H3/t23?,26-,27+,28+,29?,33?/m1/s1. The van der Waals surface area contributed by atoms with Gasteiger partial charge in [0.25, 0.3) is 0 Å². The molecule has 2 bridgehead atoms.